The zero-order valence-corrected chi connectivity index (χ0v) is 22.9. The van der Waals surface area contributed by atoms with Gasteiger partial charge in [-0.3, -0.25) is 14.4 Å². The number of rotatable bonds is 14. The minimum Gasteiger partial charge on any atom is -0.480 e. The van der Waals surface area contributed by atoms with E-state index in [1.807, 2.05) is 36.7 Å². The Morgan fingerprint density at radius 1 is 0.946 bits per heavy atom. The molecule has 0 bridgehead atoms. The van der Waals surface area contributed by atoms with Gasteiger partial charge in [-0.2, -0.15) is 11.8 Å². The number of carboxylic acids is 1. The lowest BCUT2D eigenvalue weighted by Gasteiger charge is -2.28. The van der Waals surface area contributed by atoms with E-state index in [2.05, 4.69) is 20.9 Å². The van der Waals surface area contributed by atoms with Crippen molar-refractivity contribution in [3.63, 3.8) is 0 Å². The molecule has 11 heteroatoms. The second-order valence-electron chi connectivity index (χ2n) is 9.81. The van der Waals surface area contributed by atoms with Gasteiger partial charge in [-0.1, -0.05) is 45.9 Å². The van der Waals surface area contributed by atoms with Gasteiger partial charge in [0.15, 0.2) is 0 Å². The number of aromatic amines is 1. The maximum atomic E-state index is 13.2. The van der Waals surface area contributed by atoms with Crippen molar-refractivity contribution in [2.24, 2.45) is 17.6 Å². The van der Waals surface area contributed by atoms with E-state index in [9.17, 15) is 24.3 Å². The number of carboxylic acid groups (broad SMARTS) is 1. The van der Waals surface area contributed by atoms with Crippen LogP contribution >= 0.6 is 11.8 Å². The molecule has 2 rings (SSSR count). The summed E-state index contributed by atoms with van der Waals surface area (Å²) >= 11 is 1.48. The number of carbonyl (C=O) groups excluding carboxylic acids is 3. The fourth-order valence-electron chi connectivity index (χ4n) is 3.96. The van der Waals surface area contributed by atoms with Gasteiger partial charge in [0.25, 0.3) is 0 Å². The highest BCUT2D eigenvalue weighted by Crippen LogP contribution is 2.19. The van der Waals surface area contributed by atoms with Crippen LogP contribution in [0.15, 0.2) is 30.5 Å². The van der Waals surface area contributed by atoms with Crippen LogP contribution in [0, 0.1) is 11.8 Å². The lowest BCUT2D eigenvalue weighted by atomic mass is 9.98. The van der Waals surface area contributed by atoms with Crippen LogP contribution in [-0.2, 0) is 25.6 Å². The van der Waals surface area contributed by atoms with Gasteiger partial charge in [-0.25, -0.2) is 4.79 Å². The van der Waals surface area contributed by atoms with E-state index in [0.717, 1.165) is 16.5 Å². The van der Waals surface area contributed by atoms with Gasteiger partial charge in [0.1, 0.15) is 18.1 Å². The molecule has 0 saturated carbocycles. The van der Waals surface area contributed by atoms with Crippen molar-refractivity contribution >= 4 is 46.4 Å². The number of benzene rings is 1. The summed E-state index contributed by atoms with van der Waals surface area (Å²) in [5, 5.41) is 18.4. The summed E-state index contributed by atoms with van der Waals surface area (Å²) in [6, 6.07) is 3.87. The monoisotopic (exact) mass is 533 g/mol. The van der Waals surface area contributed by atoms with Crippen LogP contribution < -0.4 is 21.7 Å². The molecule has 0 aliphatic carbocycles. The Labute approximate surface area is 221 Å². The highest BCUT2D eigenvalue weighted by molar-refractivity contribution is 7.98. The van der Waals surface area contributed by atoms with Gasteiger partial charge in [-0.15, -0.1) is 0 Å². The standard InChI is InChI=1S/C26H39N5O5S/c1-14(2)21(24(33)29-20(26(35)36)10-11-37-5)31-25(34)22(15(3)4)30-23(32)18(27)12-16-13-28-19-9-7-6-8-17(16)19/h6-9,13-15,18,20-22,28H,10-12,27H2,1-5H3,(H,29,33)(H,30,32)(H,31,34)(H,35,36). The number of aliphatic carboxylic acids is 1. The number of amides is 3. The zero-order valence-electron chi connectivity index (χ0n) is 22.0. The molecule has 4 unspecified atom stereocenters. The van der Waals surface area contributed by atoms with Crippen molar-refractivity contribution in [1.82, 2.24) is 20.9 Å². The molecule has 3 amide bonds. The average Bonchev–Trinajstić information content (AvgIpc) is 3.25. The van der Waals surface area contributed by atoms with Crippen molar-refractivity contribution in [1.29, 1.82) is 0 Å². The SMILES string of the molecule is CSCCC(NC(=O)C(NC(=O)C(NC(=O)C(N)Cc1c[nH]c2ccccc12)C(C)C)C(C)C)C(=O)O. The lowest BCUT2D eigenvalue weighted by molar-refractivity contribution is -0.142. The molecule has 1 aromatic heterocycles. The van der Waals surface area contributed by atoms with Crippen molar-refractivity contribution in [2.75, 3.05) is 12.0 Å². The van der Waals surface area contributed by atoms with Crippen LogP contribution in [0.3, 0.4) is 0 Å². The van der Waals surface area contributed by atoms with Crippen LogP contribution in [0.2, 0.25) is 0 Å². The molecule has 2 aromatic rings. The molecular formula is C26H39N5O5S. The van der Waals surface area contributed by atoms with E-state index in [0.29, 0.717) is 5.75 Å². The van der Waals surface area contributed by atoms with Crippen LogP contribution in [0.4, 0.5) is 0 Å². The number of thioether (sulfide) groups is 1. The summed E-state index contributed by atoms with van der Waals surface area (Å²) in [6.07, 6.45) is 4.22. The first-order valence-corrected chi connectivity index (χ1v) is 13.8. The first-order chi connectivity index (χ1) is 17.5. The van der Waals surface area contributed by atoms with Gasteiger partial charge >= 0.3 is 5.97 Å². The van der Waals surface area contributed by atoms with Gasteiger partial charge in [-0.05, 0) is 48.3 Å². The number of hydrogen-bond donors (Lipinski definition) is 6. The molecule has 0 spiro atoms. The first kappa shape index (κ1) is 30.2. The molecule has 1 aromatic carbocycles. The molecule has 0 fully saturated rings. The summed E-state index contributed by atoms with van der Waals surface area (Å²) < 4.78 is 0. The summed E-state index contributed by atoms with van der Waals surface area (Å²) in [5.41, 5.74) is 8.03. The number of hydrogen-bond acceptors (Lipinski definition) is 6. The Kier molecular flexibility index (Phi) is 11.4. The number of nitrogens with two attached hydrogens (primary N) is 1. The molecule has 1 heterocycles. The smallest absolute Gasteiger partial charge is 0.326 e. The number of para-hydroxylation sites is 1. The minimum atomic E-state index is -1.13. The average molecular weight is 534 g/mol. The number of nitrogens with one attached hydrogen (secondary N) is 4. The Hall–Kier alpha value is -3.05. The van der Waals surface area contributed by atoms with Crippen molar-refractivity contribution in [3.8, 4) is 0 Å². The molecule has 204 valence electrons. The Bertz CT molecular complexity index is 1090. The highest BCUT2D eigenvalue weighted by Gasteiger charge is 2.33. The fourth-order valence-corrected chi connectivity index (χ4v) is 4.43. The van der Waals surface area contributed by atoms with E-state index in [1.54, 1.807) is 27.7 Å². The highest BCUT2D eigenvalue weighted by atomic mass is 32.2. The van der Waals surface area contributed by atoms with Crippen LogP contribution in [0.5, 0.6) is 0 Å². The van der Waals surface area contributed by atoms with Crippen molar-refractivity contribution in [3.05, 3.63) is 36.0 Å². The normalized spacial score (nSPS) is 14.7. The second kappa shape index (κ2) is 14.0. The molecule has 4 atom stereocenters. The third-order valence-electron chi connectivity index (χ3n) is 6.17. The maximum Gasteiger partial charge on any atom is 0.326 e. The van der Waals surface area contributed by atoms with Crippen molar-refractivity contribution < 1.29 is 24.3 Å². The molecule has 0 radical (unpaired) electrons. The van der Waals surface area contributed by atoms with Crippen molar-refractivity contribution in [2.45, 2.75) is 64.7 Å². The van der Waals surface area contributed by atoms with E-state index in [-0.39, 0.29) is 24.7 Å². The summed E-state index contributed by atoms with van der Waals surface area (Å²) in [6.45, 7) is 7.07. The summed E-state index contributed by atoms with van der Waals surface area (Å²) in [4.78, 5) is 53.7. The van der Waals surface area contributed by atoms with Gasteiger partial charge in [0.05, 0.1) is 6.04 Å². The number of carbonyl (C=O) groups is 4. The third-order valence-corrected chi connectivity index (χ3v) is 6.81. The predicted octanol–water partition coefficient (Wildman–Crippen LogP) is 1.64. The topological polar surface area (TPSA) is 166 Å². The molecule has 37 heavy (non-hydrogen) atoms. The summed E-state index contributed by atoms with van der Waals surface area (Å²) in [7, 11) is 0. The number of aromatic nitrogens is 1. The zero-order chi connectivity index (χ0) is 27.7. The minimum absolute atomic E-state index is 0.264. The molecule has 10 nitrogen and oxygen atoms in total. The molecular weight excluding hydrogens is 494 g/mol. The van der Waals surface area contributed by atoms with Crippen LogP contribution in [-0.4, -0.2) is 70.0 Å². The third kappa shape index (κ3) is 8.50. The van der Waals surface area contributed by atoms with Gasteiger partial charge in [0, 0.05) is 17.1 Å². The van der Waals surface area contributed by atoms with E-state index >= 15 is 0 Å². The first-order valence-electron chi connectivity index (χ1n) is 12.4. The number of fused-ring (bicyclic) bond motifs is 1. The molecule has 0 aliphatic heterocycles. The quantitative estimate of drug-likeness (QED) is 0.215. The van der Waals surface area contributed by atoms with E-state index < -0.39 is 47.9 Å². The van der Waals surface area contributed by atoms with Crippen LogP contribution in [0.25, 0.3) is 10.9 Å². The van der Waals surface area contributed by atoms with E-state index in [1.165, 1.54) is 11.8 Å². The maximum absolute atomic E-state index is 13.2. The molecule has 7 N–H and O–H groups in total. The number of H-pyrrole nitrogens is 1. The van der Waals surface area contributed by atoms with Gasteiger partial charge < -0.3 is 31.8 Å². The lowest BCUT2D eigenvalue weighted by Crippen LogP contribution is -2.59. The molecule has 0 aliphatic rings. The second-order valence-corrected chi connectivity index (χ2v) is 10.8. The Morgan fingerprint density at radius 3 is 2.08 bits per heavy atom. The van der Waals surface area contributed by atoms with Gasteiger partial charge in [0.2, 0.25) is 17.7 Å². The predicted molar refractivity (Wildman–Crippen MR) is 146 cm³/mol. The Morgan fingerprint density at radius 2 is 1.51 bits per heavy atom. The Balaban J connectivity index is 2.07. The van der Waals surface area contributed by atoms with Crippen LogP contribution in [0.1, 0.15) is 39.7 Å². The molecule has 0 saturated heterocycles. The fraction of sp³-hybridized carbons (Fsp3) is 0.538. The summed E-state index contributed by atoms with van der Waals surface area (Å²) in [5.74, 6) is -2.76. The van der Waals surface area contributed by atoms with E-state index in [4.69, 9.17) is 5.73 Å². The largest absolute Gasteiger partial charge is 0.480 e.